The molecule has 0 aliphatic heterocycles. The zero-order valence-electron chi connectivity index (χ0n) is 9.29. The summed E-state index contributed by atoms with van der Waals surface area (Å²) in [6.07, 6.45) is 2.04. The molecular weight excluding hydrogens is 176 g/mol. The van der Waals surface area contributed by atoms with Crippen molar-refractivity contribution < 1.29 is 4.74 Å². The first-order valence-electron chi connectivity index (χ1n) is 5.07. The highest BCUT2D eigenvalue weighted by Crippen LogP contribution is 2.02. The molecule has 14 heavy (non-hydrogen) atoms. The maximum atomic E-state index is 5.09. The maximum Gasteiger partial charge on any atom is 0.122 e. The second kappa shape index (κ2) is 5.83. The average Bonchev–Trinajstić information content (AvgIpc) is 2.53. The summed E-state index contributed by atoms with van der Waals surface area (Å²) in [5.41, 5.74) is 1.27. The van der Waals surface area contributed by atoms with Crippen LogP contribution in [0.3, 0.4) is 0 Å². The van der Waals surface area contributed by atoms with Crippen molar-refractivity contribution in [2.45, 2.75) is 27.1 Å². The summed E-state index contributed by atoms with van der Waals surface area (Å²) in [7, 11) is 1.71. The predicted molar refractivity (Wildman–Crippen MR) is 58.0 cm³/mol. The highest BCUT2D eigenvalue weighted by atomic mass is 16.5. The van der Waals surface area contributed by atoms with Crippen LogP contribution in [0.25, 0.3) is 0 Å². The average molecular weight is 196 g/mol. The van der Waals surface area contributed by atoms with Crippen molar-refractivity contribution in [1.29, 1.82) is 0 Å². The van der Waals surface area contributed by atoms with Crippen LogP contribution in [0.4, 0.5) is 0 Å². The Morgan fingerprint density at radius 2 is 2.29 bits per heavy atom. The lowest BCUT2D eigenvalue weighted by Gasteiger charge is -2.10. The fourth-order valence-electron chi connectivity index (χ4n) is 1.36. The minimum atomic E-state index is 0.631. The number of methoxy groups -OCH3 is 1. The summed E-state index contributed by atoms with van der Waals surface area (Å²) >= 11 is 0. The topological polar surface area (TPSA) is 26.2 Å². The number of nitrogens with one attached hydrogen (secondary N) is 1. The van der Waals surface area contributed by atoms with Crippen molar-refractivity contribution in [2.24, 2.45) is 5.92 Å². The third-order valence-electron chi connectivity index (χ3n) is 2.05. The molecule has 1 N–H and O–H groups in total. The number of rotatable bonds is 6. The summed E-state index contributed by atoms with van der Waals surface area (Å²) in [5, 5.41) is 3.41. The summed E-state index contributed by atoms with van der Waals surface area (Å²) in [6.45, 7) is 7.01. The number of hydrogen-bond acceptors (Lipinski definition) is 2. The van der Waals surface area contributed by atoms with E-state index in [9.17, 15) is 0 Å². The molecule has 3 heteroatoms. The number of ether oxygens (including phenoxy) is 1. The quantitative estimate of drug-likeness (QED) is 0.751. The Labute approximate surface area is 86.1 Å². The summed E-state index contributed by atoms with van der Waals surface area (Å²) in [5.74, 6) is 0.695. The van der Waals surface area contributed by atoms with Crippen LogP contribution in [0.5, 0.6) is 0 Å². The van der Waals surface area contributed by atoms with Gasteiger partial charge in [-0.2, -0.15) is 0 Å². The molecule has 0 radical (unpaired) electrons. The lowest BCUT2D eigenvalue weighted by atomic mass is 10.2. The maximum absolute atomic E-state index is 5.09. The number of nitrogens with zero attached hydrogens (tertiary/aromatic N) is 1. The molecule has 80 valence electrons. The fourth-order valence-corrected chi connectivity index (χ4v) is 1.36. The zero-order chi connectivity index (χ0) is 10.4. The lowest BCUT2D eigenvalue weighted by Crippen LogP contribution is -2.20. The highest BCUT2D eigenvalue weighted by Gasteiger charge is 2.00. The van der Waals surface area contributed by atoms with E-state index < -0.39 is 0 Å². The van der Waals surface area contributed by atoms with Crippen molar-refractivity contribution in [3.8, 4) is 0 Å². The van der Waals surface area contributed by atoms with Crippen LogP contribution in [0.2, 0.25) is 0 Å². The van der Waals surface area contributed by atoms with E-state index in [4.69, 9.17) is 4.74 Å². The molecule has 1 aromatic rings. The normalized spacial score (nSPS) is 11.1. The van der Waals surface area contributed by atoms with Crippen LogP contribution in [0.1, 0.15) is 19.5 Å². The Morgan fingerprint density at radius 3 is 2.93 bits per heavy atom. The minimum Gasteiger partial charge on any atom is -0.364 e. The van der Waals surface area contributed by atoms with Crippen molar-refractivity contribution in [3.05, 3.63) is 24.0 Å². The Kier molecular flexibility index (Phi) is 4.70. The number of aromatic nitrogens is 1. The first kappa shape index (κ1) is 11.3. The molecule has 1 aromatic heterocycles. The largest absolute Gasteiger partial charge is 0.364 e. The smallest absolute Gasteiger partial charge is 0.122 e. The van der Waals surface area contributed by atoms with Gasteiger partial charge in [0.1, 0.15) is 6.73 Å². The van der Waals surface area contributed by atoms with Gasteiger partial charge in [0, 0.05) is 25.5 Å². The van der Waals surface area contributed by atoms with Crippen LogP contribution in [-0.4, -0.2) is 18.2 Å². The van der Waals surface area contributed by atoms with Gasteiger partial charge in [-0.1, -0.05) is 13.8 Å². The van der Waals surface area contributed by atoms with E-state index in [2.05, 4.69) is 29.8 Å². The molecule has 1 rings (SSSR count). The van der Waals surface area contributed by atoms with Gasteiger partial charge in [-0.15, -0.1) is 0 Å². The molecule has 3 nitrogen and oxygen atoms in total. The van der Waals surface area contributed by atoms with E-state index in [0.29, 0.717) is 12.6 Å². The molecule has 0 aliphatic rings. The van der Waals surface area contributed by atoms with E-state index >= 15 is 0 Å². The molecule has 0 amide bonds. The van der Waals surface area contributed by atoms with Gasteiger partial charge in [-0.3, -0.25) is 0 Å². The monoisotopic (exact) mass is 196 g/mol. The van der Waals surface area contributed by atoms with Gasteiger partial charge in [0.2, 0.25) is 0 Å². The van der Waals surface area contributed by atoms with E-state index in [-0.39, 0.29) is 0 Å². The summed E-state index contributed by atoms with van der Waals surface area (Å²) in [6, 6.07) is 4.16. The van der Waals surface area contributed by atoms with Crippen LogP contribution in [0.15, 0.2) is 18.3 Å². The standard InChI is InChI=1S/C11H20N2O/c1-10(2)7-12-8-11-5-4-6-13(11)9-14-3/h4-6,10,12H,7-9H2,1-3H3. The molecule has 0 aromatic carbocycles. The third kappa shape index (κ3) is 3.52. The summed E-state index contributed by atoms with van der Waals surface area (Å²) in [4.78, 5) is 0. The second-order valence-corrected chi connectivity index (χ2v) is 3.91. The first-order chi connectivity index (χ1) is 6.74. The van der Waals surface area contributed by atoms with Gasteiger partial charge in [-0.05, 0) is 24.6 Å². The molecule has 0 saturated carbocycles. The Bertz CT molecular complexity index is 256. The SMILES string of the molecule is COCn1cccc1CNCC(C)C. The van der Waals surface area contributed by atoms with E-state index in [1.165, 1.54) is 5.69 Å². The zero-order valence-corrected chi connectivity index (χ0v) is 9.29. The molecule has 0 saturated heterocycles. The van der Waals surface area contributed by atoms with Gasteiger partial charge < -0.3 is 14.6 Å². The van der Waals surface area contributed by atoms with Gasteiger partial charge in [-0.25, -0.2) is 0 Å². The third-order valence-corrected chi connectivity index (χ3v) is 2.05. The molecular formula is C11H20N2O. The molecule has 0 atom stereocenters. The summed E-state index contributed by atoms with van der Waals surface area (Å²) < 4.78 is 7.19. The number of hydrogen-bond donors (Lipinski definition) is 1. The molecule has 0 aliphatic carbocycles. The van der Waals surface area contributed by atoms with E-state index in [1.54, 1.807) is 7.11 Å². The highest BCUT2D eigenvalue weighted by molar-refractivity contribution is 5.06. The van der Waals surface area contributed by atoms with Crippen molar-refractivity contribution >= 4 is 0 Å². The van der Waals surface area contributed by atoms with E-state index in [0.717, 1.165) is 13.1 Å². The second-order valence-electron chi connectivity index (χ2n) is 3.91. The molecule has 0 bridgehead atoms. The molecule has 1 heterocycles. The molecule has 0 spiro atoms. The van der Waals surface area contributed by atoms with Gasteiger partial charge >= 0.3 is 0 Å². The minimum absolute atomic E-state index is 0.631. The van der Waals surface area contributed by atoms with Gasteiger partial charge in [0.15, 0.2) is 0 Å². The van der Waals surface area contributed by atoms with Crippen molar-refractivity contribution in [1.82, 2.24) is 9.88 Å². The van der Waals surface area contributed by atoms with Crippen LogP contribution in [-0.2, 0) is 18.0 Å². The van der Waals surface area contributed by atoms with Crippen LogP contribution < -0.4 is 5.32 Å². The Hall–Kier alpha value is -0.800. The van der Waals surface area contributed by atoms with Crippen LogP contribution >= 0.6 is 0 Å². The predicted octanol–water partition coefficient (Wildman–Crippen LogP) is 1.84. The van der Waals surface area contributed by atoms with Crippen molar-refractivity contribution in [2.75, 3.05) is 13.7 Å². The Balaban J connectivity index is 2.37. The molecule has 0 unspecified atom stereocenters. The van der Waals surface area contributed by atoms with Crippen LogP contribution in [0, 0.1) is 5.92 Å². The Morgan fingerprint density at radius 1 is 1.50 bits per heavy atom. The fraction of sp³-hybridized carbons (Fsp3) is 0.636. The lowest BCUT2D eigenvalue weighted by molar-refractivity contribution is 0.129. The van der Waals surface area contributed by atoms with Crippen molar-refractivity contribution in [3.63, 3.8) is 0 Å². The first-order valence-corrected chi connectivity index (χ1v) is 5.07. The van der Waals surface area contributed by atoms with Gasteiger partial charge in [0.05, 0.1) is 0 Å². The molecule has 0 fully saturated rings. The van der Waals surface area contributed by atoms with E-state index in [1.807, 2.05) is 12.3 Å². The van der Waals surface area contributed by atoms with Gasteiger partial charge in [0.25, 0.3) is 0 Å².